The van der Waals surface area contributed by atoms with Gasteiger partial charge in [-0.2, -0.15) is 0 Å². The standard InChI is InChI=1S/C12H16FNO3/c1-2-9(6-11(15)16)14-7-8-4-3-5-10(13)12(8)17/h3-5,9,14,17H,2,6-7H2,1H3,(H,15,16)/t9-/m1/s1. The van der Waals surface area contributed by atoms with Crippen molar-refractivity contribution in [3.63, 3.8) is 0 Å². The average Bonchev–Trinajstić information content (AvgIpc) is 2.28. The molecule has 0 bridgehead atoms. The fraction of sp³-hybridized carbons (Fsp3) is 0.417. The van der Waals surface area contributed by atoms with Gasteiger partial charge in [0.1, 0.15) is 0 Å². The normalized spacial score (nSPS) is 12.4. The van der Waals surface area contributed by atoms with Gasteiger partial charge >= 0.3 is 5.97 Å². The first-order valence-corrected chi connectivity index (χ1v) is 5.46. The van der Waals surface area contributed by atoms with Crippen molar-refractivity contribution in [3.05, 3.63) is 29.6 Å². The summed E-state index contributed by atoms with van der Waals surface area (Å²) in [5.41, 5.74) is 0.425. The Morgan fingerprint density at radius 2 is 2.24 bits per heavy atom. The molecule has 0 aliphatic carbocycles. The third-order valence-electron chi connectivity index (χ3n) is 2.57. The Morgan fingerprint density at radius 3 is 2.82 bits per heavy atom. The van der Waals surface area contributed by atoms with Gasteiger partial charge in [0, 0.05) is 18.2 Å². The van der Waals surface area contributed by atoms with Crippen LogP contribution in [0.1, 0.15) is 25.3 Å². The van der Waals surface area contributed by atoms with Crippen molar-refractivity contribution in [2.75, 3.05) is 0 Å². The van der Waals surface area contributed by atoms with Gasteiger partial charge in [0.2, 0.25) is 0 Å². The number of carbonyl (C=O) groups is 1. The van der Waals surface area contributed by atoms with Crippen LogP contribution in [0.25, 0.3) is 0 Å². The maximum absolute atomic E-state index is 13.0. The van der Waals surface area contributed by atoms with Crippen molar-refractivity contribution < 1.29 is 19.4 Å². The Labute approximate surface area is 99.1 Å². The lowest BCUT2D eigenvalue weighted by Gasteiger charge is -2.15. The zero-order valence-corrected chi connectivity index (χ0v) is 9.61. The molecule has 5 heteroatoms. The molecule has 0 saturated heterocycles. The second kappa shape index (κ2) is 6.20. The van der Waals surface area contributed by atoms with E-state index >= 15 is 0 Å². The van der Waals surface area contributed by atoms with E-state index in [0.717, 1.165) is 0 Å². The summed E-state index contributed by atoms with van der Waals surface area (Å²) in [6, 6.07) is 4.09. The Hall–Kier alpha value is -1.62. The third kappa shape index (κ3) is 4.03. The summed E-state index contributed by atoms with van der Waals surface area (Å²) in [5, 5.41) is 21.1. The van der Waals surface area contributed by atoms with Gasteiger partial charge in [-0.15, -0.1) is 0 Å². The molecule has 0 aromatic heterocycles. The minimum Gasteiger partial charge on any atom is -0.505 e. The lowest BCUT2D eigenvalue weighted by molar-refractivity contribution is -0.137. The van der Waals surface area contributed by atoms with E-state index in [1.165, 1.54) is 12.1 Å². The monoisotopic (exact) mass is 241 g/mol. The van der Waals surface area contributed by atoms with Crippen molar-refractivity contribution in [3.8, 4) is 5.75 Å². The molecule has 0 aliphatic rings. The van der Waals surface area contributed by atoms with E-state index in [1.807, 2.05) is 6.92 Å². The Balaban J connectivity index is 2.59. The minimum atomic E-state index is -0.882. The van der Waals surface area contributed by atoms with Crippen LogP contribution >= 0.6 is 0 Å². The molecule has 1 atom stereocenters. The second-order valence-corrected chi connectivity index (χ2v) is 3.83. The molecule has 0 radical (unpaired) electrons. The van der Waals surface area contributed by atoms with Crippen molar-refractivity contribution >= 4 is 5.97 Å². The van der Waals surface area contributed by atoms with Gasteiger partial charge in [-0.25, -0.2) is 4.39 Å². The van der Waals surface area contributed by atoms with Gasteiger partial charge in [0.05, 0.1) is 6.42 Å². The van der Waals surface area contributed by atoms with Gasteiger partial charge in [0.15, 0.2) is 11.6 Å². The molecule has 4 nitrogen and oxygen atoms in total. The lowest BCUT2D eigenvalue weighted by Crippen LogP contribution is -2.30. The van der Waals surface area contributed by atoms with Crippen molar-refractivity contribution in [1.29, 1.82) is 0 Å². The second-order valence-electron chi connectivity index (χ2n) is 3.83. The van der Waals surface area contributed by atoms with Gasteiger partial charge in [-0.05, 0) is 12.5 Å². The Kier molecular flexibility index (Phi) is 4.90. The molecule has 3 N–H and O–H groups in total. The van der Waals surface area contributed by atoms with Crippen molar-refractivity contribution in [2.24, 2.45) is 0 Å². The van der Waals surface area contributed by atoms with Crippen LogP contribution in [0.3, 0.4) is 0 Å². The molecule has 0 heterocycles. The largest absolute Gasteiger partial charge is 0.505 e. The fourth-order valence-electron chi connectivity index (χ4n) is 1.53. The summed E-state index contributed by atoms with van der Waals surface area (Å²) >= 11 is 0. The SMILES string of the molecule is CC[C@H](CC(=O)O)NCc1cccc(F)c1O. The van der Waals surface area contributed by atoms with E-state index in [9.17, 15) is 14.3 Å². The molecule has 0 saturated carbocycles. The Morgan fingerprint density at radius 1 is 1.53 bits per heavy atom. The summed E-state index contributed by atoms with van der Waals surface area (Å²) in [7, 11) is 0. The quantitative estimate of drug-likeness (QED) is 0.711. The van der Waals surface area contributed by atoms with E-state index in [4.69, 9.17) is 5.11 Å². The van der Waals surface area contributed by atoms with E-state index in [-0.39, 0.29) is 24.8 Å². The molecule has 1 rings (SSSR count). The number of hydrogen-bond donors (Lipinski definition) is 3. The van der Waals surface area contributed by atoms with Gasteiger partial charge < -0.3 is 15.5 Å². The van der Waals surface area contributed by atoms with E-state index in [2.05, 4.69) is 5.32 Å². The maximum atomic E-state index is 13.0. The van der Waals surface area contributed by atoms with E-state index in [1.54, 1.807) is 6.07 Å². The van der Waals surface area contributed by atoms with E-state index in [0.29, 0.717) is 12.0 Å². The maximum Gasteiger partial charge on any atom is 0.304 e. The number of nitrogens with one attached hydrogen (secondary N) is 1. The molecule has 17 heavy (non-hydrogen) atoms. The first kappa shape index (κ1) is 13.4. The molecule has 0 amide bonds. The topological polar surface area (TPSA) is 69.6 Å². The molecule has 0 aliphatic heterocycles. The van der Waals surface area contributed by atoms with Crippen LogP contribution in [0.2, 0.25) is 0 Å². The lowest BCUT2D eigenvalue weighted by atomic mass is 10.1. The van der Waals surface area contributed by atoms with Crippen LogP contribution in [-0.4, -0.2) is 22.2 Å². The number of rotatable bonds is 6. The third-order valence-corrected chi connectivity index (χ3v) is 2.57. The van der Waals surface area contributed by atoms with Crippen molar-refractivity contribution in [2.45, 2.75) is 32.4 Å². The highest BCUT2D eigenvalue weighted by molar-refractivity contribution is 5.67. The number of hydrogen-bond acceptors (Lipinski definition) is 3. The zero-order chi connectivity index (χ0) is 12.8. The summed E-state index contributed by atoms with van der Waals surface area (Å²) in [6.45, 7) is 2.11. The molecule has 0 spiro atoms. The molecular formula is C12H16FNO3. The molecule has 94 valence electrons. The number of benzene rings is 1. The van der Waals surface area contributed by atoms with E-state index < -0.39 is 11.8 Å². The molecule has 1 aromatic rings. The number of phenolic OH excluding ortho intramolecular Hbond substituents is 1. The highest BCUT2D eigenvalue weighted by Gasteiger charge is 2.12. The van der Waals surface area contributed by atoms with Crippen molar-refractivity contribution in [1.82, 2.24) is 5.32 Å². The predicted octanol–water partition coefficient (Wildman–Crippen LogP) is 1.87. The first-order chi connectivity index (χ1) is 8.04. The van der Waals surface area contributed by atoms with Gasteiger partial charge in [0.25, 0.3) is 0 Å². The van der Waals surface area contributed by atoms with Gasteiger partial charge in [-0.1, -0.05) is 19.1 Å². The first-order valence-electron chi connectivity index (χ1n) is 5.46. The van der Waals surface area contributed by atoms with Crippen LogP contribution in [0, 0.1) is 5.82 Å². The number of aliphatic carboxylic acids is 1. The summed E-state index contributed by atoms with van der Waals surface area (Å²) < 4.78 is 13.0. The highest BCUT2D eigenvalue weighted by Crippen LogP contribution is 2.20. The Bertz CT molecular complexity index is 395. The van der Waals surface area contributed by atoms with Gasteiger partial charge in [-0.3, -0.25) is 4.79 Å². The summed E-state index contributed by atoms with van der Waals surface area (Å²) in [4.78, 5) is 10.6. The molecule has 0 fully saturated rings. The summed E-state index contributed by atoms with van der Waals surface area (Å²) in [6.07, 6.45) is 0.662. The zero-order valence-electron chi connectivity index (χ0n) is 9.61. The average molecular weight is 241 g/mol. The van der Waals surface area contributed by atoms with Crippen LogP contribution in [0.5, 0.6) is 5.75 Å². The molecular weight excluding hydrogens is 225 g/mol. The number of phenols is 1. The van der Waals surface area contributed by atoms with Crippen LogP contribution in [-0.2, 0) is 11.3 Å². The van der Waals surface area contributed by atoms with Crippen LogP contribution in [0.15, 0.2) is 18.2 Å². The number of halogens is 1. The highest BCUT2D eigenvalue weighted by atomic mass is 19.1. The number of carboxylic acid groups (broad SMARTS) is 1. The predicted molar refractivity (Wildman–Crippen MR) is 61.2 cm³/mol. The minimum absolute atomic E-state index is 0.00653. The smallest absolute Gasteiger partial charge is 0.304 e. The number of carboxylic acids is 1. The summed E-state index contributed by atoms with van der Waals surface area (Å²) in [5.74, 6) is -1.94. The number of aromatic hydroxyl groups is 1. The van der Waals surface area contributed by atoms with Crippen LogP contribution < -0.4 is 5.32 Å². The molecule has 0 unspecified atom stereocenters. The van der Waals surface area contributed by atoms with Crippen LogP contribution in [0.4, 0.5) is 4.39 Å². The molecule has 1 aromatic carbocycles. The number of para-hydroxylation sites is 1. The fourth-order valence-corrected chi connectivity index (χ4v) is 1.53.